The smallest absolute Gasteiger partial charge is 0.321 e. The normalized spacial score (nSPS) is 15.8. The monoisotopic (exact) mass is 275 g/mol. The van der Waals surface area contributed by atoms with Gasteiger partial charge in [0.05, 0.1) is 0 Å². The predicted molar refractivity (Wildman–Crippen MR) is 83.0 cm³/mol. The molecule has 2 N–H and O–H groups in total. The van der Waals surface area contributed by atoms with Crippen LogP contribution in [0.25, 0.3) is 0 Å². The van der Waals surface area contributed by atoms with Crippen LogP contribution in [0.2, 0.25) is 0 Å². The Bertz CT molecular complexity index is 440. The average molecular weight is 275 g/mol. The Balaban J connectivity index is 1.88. The number of rotatable bonds is 6. The first-order valence-corrected chi connectivity index (χ1v) is 7.49. The molecule has 1 aliphatic carbocycles. The van der Waals surface area contributed by atoms with Crippen molar-refractivity contribution in [1.29, 1.82) is 0 Å². The standard InChI is InChI=1S/C16H25N3O/c1-4-11-17-12(2)13-5-7-14(8-6-13)18-16(20)19(3)15-9-10-15/h5-8,12,15,17H,4,9-11H2,1-3H3,(H,18,20). The van der Waals surface area contributed by atoms with E-state index in [-0.39, 0.29) is 6.03 Å². The Hall–Kier alpha value is -1.55. The van der Waals surface area contributed by atoms with Gasteiger partial charge in [-0.3, -0.25) is 0 Å². The third-order valence-electron chi connectivity index (χ3n) is 3.78. The molecule has 1 saturated carbocycles. The van der Waals surface area contributed by atoms with Crippen LogP contribution in [0, 0.1) is 0 Å². The number of hydrogen-bond donors (Lipinski definition) is 2. The van der Waals surface area contributed by atoms with Crippen molar-refractivity contribution >= 4 is 11.7 Å². The Kier molecular flexibility index (Phi) is 5.01. The van der Waals surface area contributed by atoms with Gasteiger partial charge in [0.25, 0.3) is 0 Å². The topological polar surface area (TPSA) is 44.4 Å². The van der Waals surface area contributed by atoms with E-state index in [2.05, 4.69) is 36.6 Å². The number of carbonyl (C=O) groups is 1. The van der Waals surface area contributed by atoms with Gasteiger partial charge in [0.1, 0.15) is 0 Å². The van der Waals surface area contributed by atoms with E-state index in [1.54, 1.807) is 4.90 Å². The number of anilines is 1. The van der Waals surface area contributed by atoms with Crippen LogP contribution in [0.5, 0.6) is 0 Å². The summed E-state index contributed by atoms with van der Waals surface area (Å²) in [4.78, 5) is 13.7. The van der Waals surface area contributed by atoms with Crippen LogP contribution < -0.4 is 10.6 Å². The molecule has 0 heterocycles. The van der Waals surface area contributed by atoms with E-state index < -0.39 is 0 Å². The molecule has 20 heavy (non-hydrogen) atoms. The fourth-order valence-corrected chi connectivity index (χ4v) is 2.17. The zero-order valence-electron chi connectivity index (χ0n) is 12.6. The van der Waals surface area contributed by atoms with E-state index in [4.69, 9.17) is 0 Å². The van der Waals surface area contributed by atoms with Gasteiger partial charge in [-0.15, -0.1) is 0 Å². The van der Waals surface area contributed by atoms with Crippen molar-refractivity contribution in [1.82, 2.24) is 10.2 Å². The Labute approximate surface area is 121 Å². The van der Waals surface area contributed by atoms with Crippen molar-refractivity contribution in [3.05, 3.63) is 29.8 Å². The van der Waals surface area contributed by atoms with Gasteiger partial charge in [-0.1, -0.05) is 19.1 Å². The largest absolute Gasteiger partial charge is 0.325 e. The summed E-state index contributed by atoms with van der Waals surface area (Å²) in [5.41, 5.74) is 2.10. The molecule has 0 radical (unpaired) electrons. The molecule has 0 bridgehead atoms. The van der Waals surface area contributed by atoms with E-state index >= 15 is 0 Å². The lowest BCUT2D eigenvalue weighted by Crippen LogP contribution is -2.33. The number of nitrogens with zero attached hydrogens (tertiary/aromatic N) is 1. The first kappa shape index (κ1) is 14.9. The van der Waals surface area contributed by atoms with Crippen LogP contribution in [-0.4, -0.2) is 30.6 Å². The van der Waals surface area contributed by atoms with Gasteiger partial charge in [-0.2, -0.15) is 0 Å². The Morgan fingerprint density at radius 3 is 2.55 bits per heavy atom. The van der Waals surface area contributed by atoms with Gasteiger partial charge in [0.2, 0.25) is 0 Å². The molecule has 0 spiro atoms. The second kappa shape index (κ2) is 6.75. The summed E-state index contributed by atoms with van der Waals surface area (Å²) >= 11 is 0. The molecule has 110 valence electrons. The third kappa shape index (κ3) is 3.97. The number of hydrogen-bond acceptors (Lipinski definition) is 2. The average Bonchev–Trinajstić information content (AvgIpc) is 3.29. The molecule has 1 aromatic rings. The summed E-state index contributed by atoms with van der Waals surface area (Å²) in [6.45, 7) is 5.34. The van der Waals surface area contributed by atoms with Crippen LogP contribution in [0.15, 0.2) is 24.3 Å². The molecule has 0 aromatic heterocycles. The van der Waals surface area contributed by atoms with Crippen LogP contribution >= 0.6 is 0 Å². The maximum atomic E-state index is 12.0. The molecule has 1 unspecified atom stereocenters. The van der Waals surface area contributed by atoms with Crippen LogP contribution in [-0.2, 0) is 0 Å². The van der Waals surface area contributed by atoms with Gasteiger partial charge >= 0.3 is 6.03 Å². The quantitative estimate of drug-likeness (QED) is 0.836. The van der Waals surface area contributed by atoms with E-state index in [0.29, 0.717) is 12.1 Å². The molecule has 1 atom stereocenters. The van der Waals surface area contributed by atoms with Gasteiger partial charge in [-0.05, 0) is 50.4 Å². The Morgan fingerprint density at radius 1 is 1.35 bits per heavy atom. The van der Waals surface area contributed by atoms with E-state index in [0.717, 1.165) is 31.5 Å². The number of amides is 2. The van der Waals surface area contributed by atoms with Gasteiger partial charge < -0.3 is 15.5 Å². The minimum Gasteiger partial charge on any atom is -0.325 e. The SMILES string of the molecule is CCCNC(C)c1ccc(NC(=O)N(C)C2CC2)cc1. The van der Waals surface area contributed by atoms with Gasteiger partial charge in [0.15, 0.2) is 0 Å². The zero-order chi connectivity index (χ0) is 14.5. The summed E-state index contributed by atoms with van der Waals surface area (Å²) in [6.07, 6.45) is 3.39. The molecule has 0 saturated heterocycles. The minimum absolute atomic E-state index is 0.0163. The van der Waals surface area contributed by atoms with Crippen LogP contribution in [0.4, 0.5) is 10.5 Å². The number of benzene rings is 1. The molecule has 1 fully saturated rings. The molecular weight excluding hydrogens is 250 g/mol. The third-order valence-corrected chi connectivity index (χ3v) is 3.78. The molecule has 1 aliphatic rings. The highest BCUT2D eigenvalue weighted by molar-refractivity contribution is 5.89. The van der Waals surface area contributed by atoms with Crippen molar-refractivity contribution in [2.75, 3.05) is 18.9 Å². The second-order valence-corrected chi connectivity index (χ2v) is 5.57. The fraction of sp³-hybridized carbons (Fsp3) is 0.562. The van der Waals surface area contributed by atoms with E-state index in [9.17, 15) is 4.79 Å². The highest BCUT2D eigenvalue weighted by atomic mass is 16.2. The van der Waals surface area contributed by atoms with Gasteiger partial charge in [0, 0.05) is 24.8 Å². The van der Waals surface area contributed by atoms with Crippen LogP contribution in [0.3, 0.4) is 0 Å². The highest BCUT2D eigenvalue weighted by Gasteiger charge is 2.29. The molecule has 4 heteroatoms. The molecule has 1 aromatic carbocycles. The number of carbonyl (C=O) groups excluding carboxylic acids is 1. The Morgan fingerprint density at radius 2 is 2.00 bits per heavy atom. The summed E-state index contributed by atoms with van der Waals surface area (Å²) in [6, 6.07) is 8.84. The number of urea groups is 1. The lowest BCUT2D eigenvalue weighted by atomic mass is 10.1. The van der Waals surface area contributed by atoms with Crippen molar-refractivity contribution < 1.29 is 4.79 Å². The molecule has 2 amide bonds. The first-order valence-electron chi connectivity index (χ1n) is 7.49. The summed E-state index contributed by atoms with van der Waals surface area (Å²) in [5, 5.41) is 6.39. The van der Waals surface area contributed by atoms with Crippen molar-refractivity contribution in [2.24, 2.45) is 0 Å². The molecule has 0 aliphatic heterocycles. The van der Waals surface area contributed by atoms with Crippen molar-refractivity contribution in [2.45, 2.75) is 45.2 Å². The predicted octanol–water partition coefficient (Wildman–Crippen LogP) is 3.37. The van der Waals surface area contributed by atoms with Crippen molar-refractivity contribution in [3.63, 3.8) is 0 Å². The van der Waals surface area contributed by atoms with Crippen LogP contribution in [0.1, 0.15) is 44.7 Å². The minimum atomic E-state index is -0.0163. The summed E-state index contributed by atoms with van der Waals surface area (Å²) < 4.78 is 0. The van der Waals surface area contributed by atoms with Gasteiger partial charge in [-0.25, -0.2) is 4.79 Å². The summed E-state index contributed by atoms with van der Waals surface area (Å²) in [5.74, 6) is 0. The zero-order valence-corrected chi connectivity index (χ0v) is 12.6. The fourth-order valence-electron chi connectivity index (χ4n) is 2.17. The summed E-state index contributed by atoms with van der Waals surface area (Å²) in [7, 11) is 1.86. The lowest BCUT2D eigenvalue weighted by Gasteiger charge is -2.18. The molecule has 2 rings (SSSR count). The molecule has 4 nitrogen and oxygen atoms in total. The maximum Gasteiger partial charge on any atom is 0.321 e. The number of nitrogens with one attached hydrogen (secondary N) is 2. The van der Waals surface area contributed by atoms with E-state index in [1.165, 1.54) is 5.56 Å². The molecular formula is C16H25N3O. The highest BCUT2D eigenvalue weighted by Crippen LogP contribution is 2.26. The first-order chi connectivity index (χ1) is 9.61. The van der Waals surface area contributed by atoms with Crippen molar-refractivity contribution in [3.8, 4) is 0 Å². The lowest BCUT2D eigenvalue weighted by molar-refractivity contribution is 0.220. The maximum absolute atomic E-state index is 12.0. The second-order valence-electron chi connectivity index (χ2n) is 5.57. The van der Waals surface area contributed by atoms with E-state index in [1.807, 2.05) is 19.2 Å².